The second-order valence-corrected chi connectivity index (χ2v) is 4.64. The van der Waals surface area contributed by atoms with Gasteiger partial charge in [-0.3, -0.25) is 0 Å². The minimum atomic E-state index is 0.0339. The predicted octanol–water partition coefficient (Wildman–Crippen LogP) is 3.17. The summed E-state index contributed by atoms with van der Waals surface area (Å²) in [6, 6.07) is 1.76. The van der Waals surface area contributed by atoms with Crippen molar-refractivity contribution < 1.29 is 19.0 Å². The van der Waals surface area contributed by atoms with E-state index < -0.39 is 0 Å². The van der Waals surface area contributed by atoms with E-state index >= 15 is 0 Å². The van der Waals surface area contributed by atoms with Crippen molar-refractivity contribution in [3.05, 3.63) is 16.1 Å². The molecule has 0 heterocycles. The van der Waals surface area contributed by atoms with Crippen molar-refractivity contribution >= 4 is 22.2 Å². The maximum Gasteiger partial charge on any atom is 0.175 e. The second kappa shape index (κ2) is 6.64. The maximum atomic E-state index is 10.7. The molecule has 0 N–H and O–H groups in total. The zero-order chi connectivity index (χ0) is 13.7. The Morgan fingerprint density at radius 3 is 2.28 bits per heavy atom. The molecular formula is C13H17BrO4. The summed E-state index contributed by atoms with van der Waals surface area (Å²) >= 11 is 3.49. The number of carbonyl (C=O) groups is 1. The topological polar surface area (TPSA) is 44.8 Å². The molecule has 100 valence electrons. The molecule has 4 nitrogen and oxygen atoms in total. The van der Waals surface area contributed by atoms with Gasteiger partial charge in [0.2, 0.25) is 0 Å². The van der Waals surface area contributed by atoms with Crippen LogP contribution in [0.2, 0.25) is 0 Å². The summed E-state index contributed by atoms with van der Waals surface area (Å²) in [6.07, 6.45) is 1.32. The van der Waals surface area contributed by atoms with Gasteiger partial charge < -0.3 is 19.0 Å². The van der Waals surface area contributed by atoms with Crippen LogP contribution in [0.15, 0.2) is 10.5 Å². The average Bonchev–Trinajstić information content (AvgIpc) is 2.37. The zero-order valence-electron chi connectivity index (χ0n) is 11.0. The highest BCUT2D eigenvalue weighted by atomic mass is 79.9. The summed E-state index contributed by atoms with van der Waals surface area (Å²) in [6.45, 7) is 1.96. The first-order chi connectivity index (χ1) is 8.60. The Morgan fingerprint density at radius 1 is 1.22 bits per heavy atom. The fourth-order valence-corrected chi connectivity index (χ4v) is 2.78. The SMILES string of the molecule is COc1cc(OC)c(C(C)CC=O)c(Br)c1OC. The van der Waals surface area contributed by atoms with Crippen LogP contribution in [0.1, 0.15) is 24.8 Å². The average molecular weight is 317 g/mol. The highest BCUT2D eigenvalue weighted by molar-refractivity contribution is 9.10. The van der Waals surface area contributed by atoms with Crippen LogP contribution in [0.5, 0.6) is 17.2 Å². The Balaban J connectivity index is 3.43. The van der Waals surface area contributed by atoms with E-state index in [1.807, 2.05) is 6.92 Å². The van der Waals surface area contributed by atoms with Gasteiger partial charge in [-0.25, -0.2) is 0 Å². The zero-order valence-corrected chi connectivity index (χ0v) is 12.5. The largest absolute Gasteiger partial charge is 0.496 e. The lowest BCUT2D eigenvalue weighted by molar-refractivity contribution is -0.108. The van der Waals surface area contributed by atoms with Gasteiger partial charge in [0, 0.05) is 18.1 Å². The Bertz CT molecular complexity index is 431. The molecule has 0 saturated heterocycles. The lowest BCUT2D eigenvalue weighted by atomic mass is 9.97. The number of carbonyl (C=O) groups excluding carboxylic acids is 1. The van der Waals surface area contributed by atoms with E-state index in [9.17, 15) is 4.79 Å². The van der Waals surface area contributed by atoms with Crippen LogP contribution in [0.4, 0.5) is 0 Å². The number of hydrogen-bond acceptors (Lipinski definition) is 4. The first-order valence-electron chi connectivity index (χ1n) is 5.52. The molecule has 0 radical (unpaired) electrons. The second-order valence-electron chi connectivity index (χ2n) is 3.85. The molecule has 0 saturated carbocycles. The van der Waals surface area contributed by atoms with Gasteiger partial charge in [-0.1, -0.05) is 6.92 Å². The Labute approximate surface area is 115 Å². The molecule has 0 aromatic heterocycles. The minimum absolute atomic E-state index is 0.0339. The quantitative estimate of drug-likeness (QED) is 0.756. The Morgan fingerprint density at radius 2 is 1.83 bits per heavy atom. The molecule has 1 aromatic rings. The van der Waals surface area contributed by atoms with Crippen molar-refractivity contribution in [2.24, 2.45) is 0 Å². The third-order valence-corrected chi connectivity index (χ3v) is 3.56. The van der Waals surface area contributed by atoms with E-state index in [0.29, 0.717) is 23.7 Å². The molecule has 0 fully saturated rings. The summed E-state index contributed by atoms with van der Waals surface area (Å²) in [5.41, 5.74) is 0.905. The monoisotopic (exact) mass is 316 g/mol. The third kappa shape index (κ3) is 2.77. The molecular weight excluding hydrogens is 300 g/mol. The van der Waals surface area contributed by atoms with Crippen LogP contribution < -0.4 is 14.2 Å². The van der Waals surface area contributed by atoms with E-state index in [1.165, 1.54) is 0 Å². The first kappa shape index (κ1) is 14.8. The molecule has 1 aromatic carbocycles. The van der Waals surface area contributed by atoms with Crippen LogP contribution in [-0.2, 0) is 4.79 Å². The smallest absolute Gasteiger partial charge is 0.175 e. The van der Waals surface area contributed by atoms with E-state index in [0.717, 1.165) is 16.3 Å². The van der Waals surface area contributed by atoms with Gasteiger partial charge in [-0.05, 0) is 21.8 Å². The Hall–Kier alpha value is -1.23. The van der Waals surface area contributed by atoms with Crippen molar-refractivity contribution in [1.82, 2.24) is 0 Å². The highest BCUT2D eigenvalue weighted by Gasteiger charge is 2.22. The molecule has 0 amide bonds. The van der Waals surface area contributed by atoms with Crippen molar-refractivity contribution in [2.75, 3.05) is 21.3 Å². The number of ether oxygens (including phenoxy) is 3. The number of rotatable bonds is 6. The summed E-state index contributed by atoms with van der Waals surface area (Å²) in [5.74, 6) is 1.90. The third-order valence-electron chi connectivity index (χ3n) is 2.77. The lowest BCUT2D eigenvalue weighted by Crippen LogP contribution is -2.03. The molecule has 0 aliphatic rings. The fourth-order valence-electron chi connectivity index (χ4n) is 1.83. The summed E-state index contributed by atoms with van der Waals surface area (Å²) in [4.78, 5) is 10.7. The number of aldehydes is 1. The highest BCUT2D eigenvalue weighted by Crippen LogP contribution is 2.46. The molecule has 0 spiro atoms. The van der Waals surface area contributed by atoms with E-state index in [-0.39, 0.29) is 5.92 Å². The minimum Gasteiger partial charge on any atom is -0.496 e. The normalized spacial score (nSPS) is 11.8. The van der Waals surface area contributed by atoms with Crippen LogP contribution in [0.25, 0.3) is 0 Å². The van der Waals surface area contributed by atoms with Gasteiger partial charge in [-0.15, -0.1) is 0 Å². The van der Waals surface area contributed by atoms with Crippen molar-refractivity contribution in [3.63, 3.8) is 0 Å². The van der Waals surface area contributed by atoms with Gasteiger partial charge in [-0.2, -0.15) is 0 Å². The molecule has 1 rings (SSSR count). The van der Waals surface area contributed by atoms with Crippen molar-refractivity contribution in [1.29, 1.82) is 0 Å². The van der Waals surface area contributed by atoms with Crippen LogP contribution in [0, 0.1) is 0 Å². The van der Waals surface area contributed by atoms with Gasteiger partial charge in [0.1, 0.15) is 12.0 Å². The molecule has 5 heteroatoms. The predicted molar refractivity (Wildman–Crippen MR) is 72.9 cm³/mol. The summed E-state index contributed by atoms with van der Waals surface area (Å²) in [5, 5.41) is 0. The van der Waals surface area contributed by atoms with Gasteiger partial charge in [0.05, 0.1) is 25.8 Å². The van der Waals surface area contributed by atoms with Gasteiger partial charge in [0.25, 0.3) is 0 Å². The van der Waals surface area contributed by atoms with Crippen molar-refractivity contribution in [2.45, 2.75) is 19.3 Å². The molecule has 0 aliphatic carbocycles. The standard InChI is InChI=1S/C13H17BrO4/c1-8(5-6-15)11-9(16-2)7-10(17-3)13(18-4)12(11)14/h6-8H,5H2,1-4H3. The van der Waals surface area contributed by atoms with E-state index in [1.54, 1.807) is 27.4 Å². The molecule has 1 atom stereocenters. The number of halogens is 1. The van der Waals surface area contributed by atoms with Gasteiger partial charge >= 0.3 is 0 Å². The first-order valence-corrected chi connectivity index (χ1v) is 6.31. The van der Waals surface area contributed by atoms with Crippen molar-refractivity contribution in [3.8, 4) is 17.2 Å². The summed E-state index contributed by atoms with van der Waals surface area (Å²) < 4.78 is 16.7. The number of hydrogen-bond donors (Lipinski definition) is 0. The van der Waals surface area contributed by atoms with Crippen LogP contribution in [0.3, 0.4) is 0 Å². The fraction of sp³-hybridized carbons (Fsp3) is 0.462. The molecule has 18 heavy (non-hydrogen) atoms. The van der Waals surface area contributed by atoms with Gasteiger partial charge in [0.15, 0.2) is 11.5 Å². The van der Waals surface area contributed by atoms with Crippen LogP contribution in [-0.4, -0.2) is 27.6 Å². The van der Waals surface area contributed by atoms with E-state index in [2.05, 4.69) is 15.9 Å². The van der Waals surface area contributed by atoms with E-state index in [4.69, 9.17) is 14.2 Å². The van der Waals surface area contributed by atoms with Crippen LogP contribution >= 0.6 is 15.9 Å². The lowest BCUT2D eigenvalue weighted by Gasteiger charge is -2.20. The Kier molecular flexibility index (Phi) is 5.47. The molecule has 1 unspecified atom stereocenters. The maximum absolute atomic E-state index is 10.7. The molecule has 0 bridgehead atoms. The number of methoxy groups -OCH3 is 3. The summed E-state index contributed by atoms with van der Waals surface area (Å²) in [7, 11) is 4.73. The molecule has 0 aliphatic heterocycles. The number of benzene rings is 1.